The number of allylic oxidation sites excluding steroid dienone is 1. The molecule has 0 atom stereocenters. The molecule has 1 aromatic carbocycles. The Bertz CT molecular complexity index is 888. The lowest BCUT2D eigenvalue weighted by Gasteiger charge is -2.09. The quantitative estimate of drug-likeness (QED) is 0.712. The summed E-state index contributed by atoms with van der Waals surface area (Å²) in [6.45, 7) is 1.90. The van der Waals surface area contributed by atoms with Crippen LogP contribution >= 0.6 is 11.6 Å². The highest BCUT2D eigenvalue weighted by Crippen LogP contribution is 2.25. The lowest BCUT2D eigenvalue weighted by molar-refractivity contribution is 0.881. The Labute approximate surface area is 136 Å². The summed E-state index contributed by atoms with van der Waals surface area (Å²) in [7, 11) is 0. The van der Waals surface area contributed by atoms with Gasteiger partial charge in [-0.25, -0.2) is 4.98 Å². The third-order valence-corrected chi connectivity index (χ3v) is 3.43. The second-order valence-electron chi connectivity index (χ2n) is 4.56. The number of nitrogens with one attached hydrogen (secondary N) is 2. The number of nitriles is 1. The van der Waals surface area contributed by atoms with Crippen LogP contribution in [0.15, 0.2) is 36.8 Å². The number of rotatable bonds is 4. The summed E-state index contributed by atoms with van der Waals surface area (Å²) < 4.78 is 1.89. The Morgan fingerprint density at radius 2 is 2.35 bits per heavy atom. The molecule has 114 valence electrons. The molecule has 0 aliphatic heterocycles. The van der Waals surface area contributed by atoms with Crippen molar-refractivity contribution in [3.05, 3.63) is 53.5 Å². The van der Waals surface area contributed by atoms with Gasteiger partial charge >= 0.3 is 0 Å². The molecule has 3 rings (SSSR count). The number of aromatic nitrogens is 6. The van der Waals surface area contributed by atoms with Gasteiger partial charge in [-0.15, -0.1) is 10.2 Å². The highest BCUT2D eigenvalue weighted by Gasteiger charge is 2.08. The number of tetrazole rings is 1. The molecule has 2 aromatic heterocycles. The zero-order valence-corrected chi connectivity index (χ0v) is 12.8. The fourth-order valence-corrected chi connectivity index (χ4v) is 2.27. The lowest BCUT2D eigenvalue weighted by Crippen LogP contribution is -1.98. The van der Waals surface area contributed by atoms with Gasteiger partial charge in [-0.05, 0) is 30.3 Å². The minimum absolute atomic E-state index is 0.219. The van der Waals surface area contributed by atoms with Gasteiger partial charge in [0.25, 0.3) is 0 Å². The minimum Gasteiger partial charge on any atom is -0.360 e. The van der Waals surface area contributed by atoms with Gasteiger partial charge in [-0.1, -0.05) is 11.6 Å². The maximum Gasteiger partial charge on any atom is 0.216 e. The molecule has 0 saturated heterocycles. The zero-order valence-electron chi connectivity index (χ0n) is 12.0. The van der Waals surface area contributed by atoms with Crippen LogP contribution in [-0.2, 0) is 0 Å². The van der Waals surface area contributed by atoms with Crippen molar-refractivity contribution >= 4 is 22.9 Å². The van der Waals surface area contributed by atoms with Crippen molar-refractivity contribution < 1.29 is 0 Å². The van der Waals surface area contributed by atoms with Crippen LogP contribution in [0.25, 0.3) is 11.3 Å². The number of nitrogens with zero attached hydrogens (tertiary/aromatic N) is 6. The van der Waals surface area contributed by atoms with Gasteiger partial charge in [0.05, 0.1) is 10.7 Å². The third-order valence-electron chi connectivity index (χ3n) is 3.12. The minimum atomic E-state index is 0.219. The molecule has 0 fully saturated rings. The molecule has 0 amide bonds. The Morgan fingerprint density at radius 3 is 2.96 bits per heavy atom. The number of H-pyrrole nitrogens is 1. The number of benzene rings is 1. The van der Waals surface area contributed by atoms with Gasteiger partial charge in [0, 0.05) is 24.3 Å². The first-order valence-corrected chi connectivity index (χ1v) is 6.97. The van der Waals surface area contributed by atoms with E-state index in [2.05, 4.69) is 30.9 Å². The highest BCUT2D eigenvalue weighted by atomic mass is 35.5. The zero-order chi connectivity index (χ0) is 16.2. The second kappa shape index (κ2) is 6.29. The monoisotopic (exact) mass is 326 g/mol. The molecule has 9 heteroatoms. The molecule has 0 unspecified atom stereocenters. The standard InChI is InChI=1S/C14H11ClN8/c1-9-17-4-5-23(9)13-3-2-11(6-12(13)15)18-8-10(7-16)14-19-21-22-20-14/h2-6,8,18H,1H3,(H,19,20,21,22). The average molecular weight is 327 g/mol. The Kier molecular flexibility index (Phi) is 4.03. The van der Waals surface area contributed by atoms with Crippen LogP contribution in [0.1, 0.15) is 11.6 Å². The molecule has 3 aromatic rings. The SMILES string of the molecule is Cc1nccn1-c1ccc(NC=C(C#N)c2nn[nH]n2)cc1Cl. The summed E-state index contributed by atoms with van der Waals surface area (Å²) in [5.74, 6) is 1.06. The van der Waals surface area contributed by atoms with Gasteiger partial charge in [0.1, 0.15) is 17.5 Å². The normalized spacial score (nSPS) is 11.3. The van der Waals surface area contributed by atoms with Crippen molar-refractivity contribution in [3.63, 3.8) is 0 Å². The molecule has 0 radical (unpaired) electrons. The summed E-state index contributed by atoms with van der Waals surface area (Å²) in [5, 5.41) is 25.9. The lowest BCUT2D eigenvalue weighted by atomic mass is 10.2. The summed E-state index contributed by atoms with van der Waals surface area (Å²) in [6, 6.07) is 7.48. The van der Waals surface area contributed by atoms with Gasteiger partial charge in [-0.3, -0.25) is 0 Å². The molecule has 0 aliphatic rings. The van der Waals surface area contributed by atoms with Crippen molar-refractivity contribution in [1.29, 1.82) is 5.26 Å². The molecule has 0 saturated carbocycles. The number of aryl methyl sites for hydroxylation is 1. The van der Waals surface area contributed by atoms with E-state index in [1.165, 1.54) is 6.20 Å². The first-order valence-electron chi connectivity index (χ1n) is 6.59. The average Bonchev–Trinajstić information content (AvgIpc) is 3.20. The second-order valence-corrected chi connectivity index (χ2v) is 4.97. The fraction of sp³-hybridized carbons (Fsp3) is 0.0714. The summed E-state index contributed by atoms with van der Waals surface area (Å²) in [6.07, 6.45) is 5.05. The number of hydrogen-bond donors (Lipinski definition) is 2. The van der Waals surface area contributed by atoms with Gasteiger partial charge in [0.15, 0.2) is 0 Å². The third kappa shape index (κ3) is 3.04. The van der Waals surface area contributed by atoms with Gasteiger partial charge in [-0.2, -0.15) is 10.5 Å². The van der Waals surface area contributed by atoms with E-state index in [0.29, 0.717) is 5.02 Å². The van der Waals surface area contributed by atoms with E-state index < -0.39 is 0 Å². The number of halogens is 1. The molecule has 0 aliphatic carbocycles. The smallest absolute Gasteiger partial charge is 0.216 e. The van der Waals surface area contributed by atoms with E-state index >= 15 is 0 Å². The van der Waals surface area contributed by atoms with Crippen LogP contribution in [-0.4, -0.2) is 30.2 Å². The van der Waals surface area contributed by atoms with Gasteiger partial charge < -0.3 is 9.88 Å². The van der Waals surface area contributed by atoms with E-state index in [0.717, 1.165) is 17.2 Å². The van der Waals surface area contributed by atoms with Crippen LogP contribution in [0.5, 0.6) is 0 Å². The predicted molar refractivity (Wildman–Crippen MR) is 84.7 cm³/mol. The summed E-state index contributed by atoms with van der Waals surface area (Å²) in [4.78, 5) is 4.18. The van der Waals surface area contributed by atoms with E-state index in [1.807, 2.05) is 35.9 Å². The van der Waals surface area contributed by atoms with Crippen LogP contribution in [0.2, 0.25) is 5.02 Å². The molecule has 23 heavy (non-hydrogen) atoms. The first kappa shape index (κ1) is 14.7. The Balaban J connectivity index is 1.84. The number of anilines is 1. The topological polar surface area (TPSA) is 108 Å². The van der Waals surface area contributed by atoms with E-state index in [9.17, 15) is 0 Å². The van der Waals surface area contributed by atoms with Gasteiger partial charge in [0.2, 0.25) is 5.82 Å². The van der Waals surface area contributed by atoms with Crippen LogP contribution in [0.4, 0.5) is 5.69 Å². The Morgan fingerprint density at radius 1 is 1.48 bits per heavy atom. The maximum absolute atomic E-state index is 9.11. The molecule has 8 nitrogen and oxygen atoms in total. The van der Waals surface area contributed by atoms with Crippen LogP contribution in [0.3, 0.4) is 0 Å². The molecular formula is C14H11ClN8. The molecule has 0 spiro atoms. The van der Waals surface area contributed by atoms with Crippen molar-refractivity contribution in [2.24, 2.45) is 0 Å². The molecule has 0 bridgehead atoms. The highest BCUT2D eigenvalue weighted by molar-refractivity contribution is 6.32. The van der Waals surface area contributed by atoms with Crippen molar-refractivity contribution in [2.45, 2.75) is 6.92 Å². The number of hydrogen-bond acceptors (Lipinski definition) is 6. The van der Waals surface area contributed by atoms with Crippen molar-refractivity contribution in [3.8, 4) is 11.8 Å². The Hall–Kier alpha value is -3.18. The summed E-state index contributed by atoms with van der Waals surface area (Å²) in [5.41, 5.74) is 1.81. The van der Waals surface area contributed by atoms with Crippen molar-refractivity contribution in [2.75, 3.05) is 5.32 Å². The maximum atomic E-state index is 9.11. The van der Waals surface area contributed by atoms with Crippen LogP contribution < -0.4 is 5.32 Å². The van der Waals surface area contributed by atoms with E-state index in [-0.39, 0.29) is 11.4 Å². The predicted octanol–water partition coefficient (Wildman–Crippen LogP) is 2.32. The van der Waals surface area contributed by atoms with E-state index in [4.69, 9.17) is 16.9 Å². The molecule has 2 N–H and O–H groups in total. The first-order chi connectivity index (χ1) is 11.2. The number of aromatic amines is 1. The molecular weight excluding hydrogens is 316 g/mol. The van der Waals surface area contributed by atoms with E-state index in [1.54, 1.807) is 12.3 Å². The largest absolute Gasteiger partial charge is 0.360 e. The number of imidazole rings is 1. The van der Waals surface area contributed by atoms with Crippen molar-refractivity contribution in [1.82, 2.24) is 30.2 Å². The fourth-order valence-electron chi connectivity index (χ4n) is 2.00. The van der Waals surface area contributed by atoms with Crippen LogP contribution in [0, 0.1) is 18.3 Å². The molecule has 2 heterocycles. The summed E-state index contributed by atoms with van der Waals surface area (Å²) >= 11 is 6.33.